The van der Waals surface area contributed by atoms with E-state index in [-0.39, 0.29) is 17.2 Å². The van der Waals surface area contributed by atoms with Crippen molar-refractivity contribution in [1.82, 2.24) is 0 Å². The summed E-state index contributed by atoms with van der Waals surface area (Å²) in [4.78, 5) is 22.2. The molecular formula is C18H16O8. The van der Waals surface area contributed by atoms with Gasteiger partial charge in [0.15, 0.2) is 12.2 Å². The van der Waals surface area contributed by atoms with Gasteiger partial charge in [-0.2, -0.15) is 0 Å². The molecule has 2 unspecified atom stereocenters. The number of aromatic hydroxyl groups is 2. The predicted molar refractivity (Wildman–Crippen MR) is 90.4 cm³/mol. The number of carbonyl (C=O) groups excluding carboxylic acids is 1. The first-order valence-electron chi connectivity index (χ1n) is 7.38. The molecule has 2 aromatic rings. The molecule has 0 radical (unpaired) electrons. The molecule has 0 spiro atoms. The number of ether oxygens (including phenoxy) is 1. The molecule has 0 heterocycles. The standard InChI is InChI=1S/C18H16O8/c19-12-5-3-10(4-6-12)1-2-11-7-13(20)9-14(8-11)26-18(25)16(22)15(21)17(23)24/h1-9,15-16,19-22H,(H,23,24)/b2-1+. The lowest BCUT2D eigenvalue weighted by molar-refractivity contribution is -0.164. The van der Waals surface area contributed by atoms with Crippen LogP contribution in [0.4, 0.5) is 0 Å². The van der Waals surface area contributed by atoms with Crippen LogP contribution in [0.5, 0.6) is 17.2 Å². The number of rotatable bonds is 6. The third-order valence-corrected chi connectivity index (χ3v) is 3.29. The van der Waals surface area contributed by atoms with Crippen LogP contribution in [0.1, 0.15) is 11.1 Å². The topological polar surface area (TPSA) is 145 Å². The van der Waals surface area contributed by atoms with E-state index in [1.807, 2.05) is 0 Å². The molecule has 8 nitrogen and oxygen atoms in total. The first kappa shape index (κ1) is 19.0. The van der Waals surface area contributed by atoms with Gasteiger partial charge in [-0.05, 0) is 35.4 Å². The van der Waals surface area contributed by atoms with Crippen LogP contribution in [-0.4, -0.2) is 49.7 Å². The Balaban J connectivity index is 2.15. The molecule has 0 amide bonds. The summed E-state index contributed by atoms with van der Waals surface area (Å²) in [6.45, 7) is 0. The summed E-state index contributed by atoms with van der Waals surface area (Å²) in [5.41, 5.74) is 1.22. The van der Waals surface area contributed by atoms with Crippen molar-refractivity contribution in [1.29, 1.82) is 0 Å². The van der Waals surface area contributed by atoms with E-state index in [0.29, 0.717) is 5.56 Å². The molecule has 0 aliphatic heterocycles. The number of esters is 1. The highest BCUT2D eigenvalue weighted by atomic mass is 16.6. The van der Waals surface area contributed by atoms with Crippen molar-refractivity contribution in [2.75, 3.05) is 0 Å². The smallest absolute Gasteiger partial charge is 0.343 e. The first-order chi connectivity index (χ1) is 12.3. The maximum atomic E-state index is 11.7. The number of aliphatic hydroxyl groups is 2. The van der Waals surface area contributed by atoms with Gasteiger partial charge in [0.05, 0.1) is 0 Å². The van der Waals surface area contributed by atoms with Gasteiger partial charge < -0.3 is 30.3 Å². The molecule has 2 atom stereocenters. The second kappa shape index (κ2) is 8.15. The number of carbonyl (C=O) groups is 2. The summed E-state index contributed by atoms with van der Waals surface area (Å²) >= 11 is 0. The molecule has 0 fully saturated rings. The van der Waals surface area contributed by atoms with Crippen LogP contribution in [0.15, 0.2) is 42.5 Å². The minimum absolute atomic E-state index is 0.121. The Kier molecular flexibility index (Phi) is 5.94. The van der Waals surface area contributed by atoms with Gasteiger partial charge in [-0.3, -0.25) is 0 Å². The fraction of sp³-hybridized carbons (Fsp3) is 0.111. The Morgan fingerprint density at radius 2 is 1.46 bits per heavy atom. The van der Waals surface area contributed by atoms with Crippen molar-refractivity contribution < 1.29 is 39.9 Å². The van der Waals surface area contributed by atoms with Crippen molar-refractivity contribution >= 4 is 24.1 Å². The number of benzene rings is 2. The lowest BCUT2D eigenvalue weighted by Gasteiger charge is -2.13. The molecule has 0 aliphatic carbocycles. The maximum Gasteiger partial charge on any atom is 0.343 e. The quantitative estimate of drug-likeness (QED) is 0.291. The van der Waals surface area contributed by atoms with Gasteiger partial charge in [-0.25, -0.2) is 9.59 Å². The number of carboxylic acid groups (broad SMARTS) is 1. The van der Waals surface area contributed by atoms with Gasteiger partial charge in [0.25, 0.3) is 0 Å². The summed E-state index contributed by atoms with van der Waals surface area (Å²) in [7, 11) is 0. The number of aliphatic carboxylic acids is 1. The van der Waals surface area contributed by atoms with Gasteiger partial charge in [0.2, 0.25) is 0 Å². The second-order valence-corrected chi connectivity index (χ2v) is 5.33. The largest absolute Gasteiger partial charge is 0.508 e. The van der Waals surface area contributed by atoms with Crippen molar-refractivity contribution in [2.45, 2.75) is 12.2 Å². The molecule has 0 saturated carbocycles. The van der Waals surface area contributed by atoms with E-state index in [1.165, 1.54) is 24.3 Å². The summed E-state index contributed by atoms with van der Waals surface area (Å²) in [5.74, 6) is -3.40. The molecule has 0 aromatic heterocycles. The van der Waals surface area contributed by atoms with Crippen LogP contribution in [0.25, 0.3) is 12.2 Å². The highest BCUT2D eigenvalue weighted by Crippen LogP contribution is 2.24. The molecule has 2 rings (SSSR count). The van der Waals surface area contributed by atoms with Crippen LogP contribution >= 0.6 is 0 Å². The van der Waals surface area contributed by atoms with Crippen LogP contribution < -0.4 is 4.74 Å². The molecular weight excluding hydrogens is 344 g/mol. The maximum absolute atomic E-state index is 11.7. The Bertz CT molecular complexity index is 826. The van der Waals surface area contributed by atoms with Crippen LogP contribution in [0.3, 0.4) is 0 Å². The predicted octanol–water partition coefficient (Wildman–Crippen LogP) is 0.980. The summed E-state index contributed by atoms with van der Waals surface area (Å²) in [6.07, 6.45) is -1.31. The molecule has 136 valence electrons. The zero-order valence-corrected chi connectivity index (χ0v) is 13.3. The molecule has 0 saturated heterocycles. The summed E-state index contributed by atoms with van der Waals surface area (Å²) < 4.78 is 4.80. The molecule has 0 aliphatic rings. The Morgan fingerprint density at radius 1 is 0.846 bits per heavy atom. The average Bonchev–Trinajstić information content (AvgIpc) is 2.59. The summed E-state index contributed by atoms with van der Waals surface area (Å²) in [5, 5.41) is 46.1. The Labute approximate surface area is 147 Å². The fourth-order valence-electron chi connectivity index (χ4n) is 1.98. The van der Waals surface area contributed by atoms with Crippen LogP contribution in [0, 0.1) is 0 Å². The Morgan fingerprint density at radius 3 is 2.08 bits per heavy atom. The van der Waals surface area contributed by atoms with Crippen LogP contribution in [-0.2, 0) is 9.59 Å². The van der Waals surface area contributed by atoms with Gasteiger partial charge in [0, 0.05) is 6.07 Å². The SMILES string of the molecule is O=C(O)C(O)C(O)C(=O)Oc1cc(O)cc(/C=C/c2ccc(O)cc2)c1. The van der Waals surface area contributed by atoms with Crippen molar-refractivity contribution in [2.24, 2.45) is 0 Å². The van der Waals surface area contributed by atoms with Gasteiger partial charge >= 0.3 is 11.9 Å². The highest BCUT2D eigenvalue weighted by Gasteiger charge is 2.31. The van der Waals surface area contributed by atoms with Gasteiger partial charge in [-0.15, -0.1) is 0 Å². The minimum Gasteiger partial charge on any atom is -0.508 e. The fourth-order valence-corrected chi connectivity index (χ4v) is 1.98. The van der Waals surface area contributed by atoms with E-state index < -0.39 is 24.1 Å². The molecule has 8 heteroatoms. The molecule has 0 bridgehead atoms. The second-order valence-electron chi connectivity index (χ2n) is 5.33. The van der Waals surface area contributed by atoms with Crippen molar-refractivity contribution in [3.8, 4) is 17.2 Å². The van der Waals surface area contributed by atoms with Crippen molar-refractivity contribution in [3.63, 3.8) is 0 Å². The van der Waals surface area contributed by atoms with E-state index in [2.05, 4.69) is 0 Å². The van der Waals surface area contributed by atoms with E-state index in [9.17, 15) is 24.9 Å². The number of phenolic OH excluding ortho intramolecular Hbond substituents is 2. The van der Waals surface area contributed by atoms with E-state index in [0.717, 1.165) is 11.6 Å². The van der Waals surface area contributed by atoms with Crippen molar-refractivity contribution in [3.05, 3.63) is 53.6 Å². The highest BCUT2D eigenvalue weighted by molar-refractivity contribution is 5.85. The van der Waals surface area contributed by atoms with Gasteiger partial charge in [0.1, 0.15) is 17.2 Å². The number of hydrogen-bond donors (Lipinski definition) is 5. The van der Waals surface area contributed by atoms with E-state index in [1.54, 1.807) is 24.3 Å². The lowest BCUT2D eigenvalue weighted by Crippen LogP contribution is -2.41. The lowest BCUT2D eigenvalue weighted by atomic mass is 10.1. The third kappa shape index (κ3) is 5.07. The summed E-state index contributed by atoms with van der Waals surface area (Å²) in [6, 6.07) is 10.2. The average molecular weight is 360 g/mol. The monoisotopic (exact) mass is 360 g/mol. The molecule has 2 aromatic carbocycles. The normalized spacial score (nSPS) is 13.3. The minimum atomic E-state index is -2.33. The number of phenols is 2. The number of hydrogen-bond acceptors (Lipinski definition) is 7. The Hall–Kier alpha value is -3.36. The molecule has 26 heavy (non-hydrogen) atoms. The zero-order chi connectivity index (χ0) is 19.3. The third-order valence-electron chi connectivity index (χ3n) is 3.29. The zero-order valence-electron chi connectivity index (χ0n) is 13.3. The van der Waals surface area contributed by atoms with E-state index in [4.69, 9.17) is 14.9 Å². The number of aliphatic hydroxyl groups excluding tert-OH is 2. The van der Waals surface area contributed by atoms with E-state index >= 15 is 0 Å². The van der Waals surface area contributed by atoms with Gasteiger partial charge in [-0.1, -0.05) is 24.3 Å². The first-order valence-corrected chi connectivity index (χ1v) is 7.38. The number of carboxylic acids is 1. The molecule has 5 N–H and O–H groups in total. The van der Waals surface area contributed by atoms with Crippen LogP contribution in [0.2, 0.25) is 0 Å².